The molecule has 2 N–H and O–H groups in total. The van der Waals surface area contributed by atoms with Gasteiger partial charge in [0.2, 0.25) is 0 Å². The minimum Gasteiger partial charge on any atom is -0.494 e. The molecule has 0 saturated heterocycles. The van der Waals surface area contributed by atoms with Crippen molar-refractivity contribution in [1.82, 2.24) is 9.97 Å². The van der Waals surface area contributed by atoms with Crippen LogP contribution in [-0.4, -0.2) is 16.6 Å². The van der Waals surface area contributed by atoms with E-state index < -0.39 is 0 Å². The van der Waals surface area contributed by atoms with E-state index in [4.69, 9.17) is 10.5 Å². The lowest BCUT2D eigenvalue weighted by molar-refractivity contribution is 0.246. The minimum absolute atomic E-state index is 0.507. The lowest BCUT2D eigenvalue weighted by Crippen LogP contribution is -2.10. The minimum atomic E-state index is 0.507. The van der Waals surface area contributed by atoms with Crippen LogP contribution in [0.1, 0.15) is 44.2 Å². The first kappa shape index (κ1) is 17.1. The number of hydrogen-bond donors (Lipinski definition) is 1. The predicted molar refractivity (Wildman–Crippen MR) is 98.4 cm³/mol. The highest BCUT2D eigenvalue weighted by Gasteiger charge is 2.13. The molecule has 3 rings (SSSR count). The van der Waals surface area contributed by atoms with E-state index >= 15 is 0 Å². The molecule has 1 saturated carbocycles. The summed E-state index contributed by atoms with van der Waals surface area (Å²) < 4.78 is 5.89. The van der Waals surface area contributed by atoms with E-state index in [2.05, 4.69) is 9.97 Å². The number of nitrogens with two attached hydrogens (primary N) is 1. The summed E-state index contributed by atoms with van der Waals surface area (Å²) in [5, 5.41) is 0.679. The second kappa shape index (κ2) is 8.38. The molecule has 1 aliphatic carbocycles. The zero-order valence-corrected chi connectivity index (χ0v) is 15.0. The topological polar surface area (TPSA) is 61.0 Å². The standard InChI is InChI=1S/C19H25N3OS/c1-14-13-18(20)22-19(21-14)24-17-9-7-16(8-10-17)23-12-11-15-5-3-2-4-6-15/h7-10,13,15H,2-6,11-12H2,1H3,(H2,20,21,22). The number of aromatic nitrogens is 2. The molecule has 1 aromatic carbocycles. The number of anilines is 1. The first-order valence-corrected chi connectivity index (χ1v) is 9.52. The molecule has 0 bridgehead atoms. The predicted octanol–water partition coefficient (Wildman–Crippen LogP) is 4.87. The molecule has 1 heterocycles. The SMILES string of the molecule is Cc1cc(N)nc(Sc2ccc(OCCC3CCCCC3)cc2)n1. The molecular weight excluding hydrogens is 318 g/mol. The first-order chi connectivity index (χ1) is 11.7. The Kier molecular flexibility index (Phi) is 5.96. The van der Waals surface area contributed by atoms with Gasteiger partial charge in [-0.2, -0.15) is 0 Å². The fraction of sp³-hybridized carbons (Fsp3) is 0.474. The van der Waals surface area contributed by atoms with Crippen molar-refractivity contribution in [3.05, 3.63) is 36.0 Å². The molecule has 1 aliphatic rings. The number of aryl methyl sites for hydroxylation is 1. The highest BCUT2D eigenvalue weighted by Crippen LogP contribution is 2.28. The van der Waals surface area contributed by atoms with Crippen LogP contribution in [0.3, 0.4) is 0 Å². The van der Waals surface area contributed by atoms with Gasteiger partial charge >= 0.3 is 0 Å². The maximum atomic E-state index is 5.89. The smallest absolute Gasteiger partial charge is 0.194 e. The molecule has 1 fully saturated rings. The Morgan fingerprint density at radius 1 is 1.12 bits per heavy atom. The van der Waals surface area contributed by atoms with Crippen molar-refractivity contribution < 1.29 is 4.74 Å². The summed E-state index contributed by atoms with van der Waals surface area (Å²) in [6.45, 7) is 2.74. The van der Waals surface area contributed by atoms with Gasteiger partial charge in [0.25, 0.3) is 0 Å². The molecule has 24 heavy (non-hydrogen) atoms. The number of nitrogens with zero attached hydrogens (tertiary/aromatic N) is 2. The zero-order valence-electron chi connectivity index (χ0n) is 14.2. The fourth-order valence-corrected chi connectivity index (χ4v) is 3.96. The van der Waals surface area contributed by atoms with Crippen molar-refractivity contribution >= 4 is 17.6 Å². The molecule has 5 heteroatoms. The number of hydrogen-bond acceptors (Lipinski definition) is 5. The normalized spacial score (nSPS) is 15.4. The Morgan fingerprint density at radius 2 is 1.88 bits per heavy atom. The Hall–Kier alpha value is -1.75. The van der Waals surface area contributed by atoms with Crippen LogP contribution in [-0.2, 0) is 0 Å². The van der Waals surface area contributed by atoms with Gasteiger partial charge in [-0.25, -0.2) is 9.97 Å². The summed E-state index contributed by atoms with van der Waals surface area (Å²) in [5.41, 5.74) is 6.65. The van der Waals surface area contributed by atoms with Crippen molar-refractivity contribution in [1.29, 1.82) is 0 Å². The average molecular weight is 343 g/mol. The molecule has 0 spiro atoms. The van der Waals surface area contributed by atoms with E-state index in [9.17, 15) is 0 Å². The van der Waals surface area contributed by atoms with E-state index in [0.717, 1.165) is 28.9 Å². The van der Waals surface area contributed by atoms with E-state index in [0.29, 0.717) is 11.0 Å². The molecule has 0 unspecified atom stereocenters. The van der Waals surface area contributed by atoms with Crippen molar-refractivity contribution in [3.63, 3.8) is 0 Å². The third-order valence-electron chi connectivity index (χ3n) is 4.41. The number of benzene rings is 1. The van der Waals surface area contributed by atoms with Crippen LogP contribution in [0.5, 0.6) is 5.75 Å². The number of rotatable bonds is 6. The fourth-order valence-electron chi connectivity index (χ4n) is 3.14. The maximum Gasteiger partial charge on any atom is 0.194 e. The summed E-state index contributed by atoms with van der Waals surface area (Å²) >= 11 is 1.51. The highest BCUT2D eigenvalue weighted by molar-refractivity contribution is 7.99. The molecule has 0 radical (unpaired) electrons. The third kappa shape index (κ3) is 5.13. The average Bonchev–Trinajstić information content (AvgIpc) is 2.56. The van der Waals surface area contributed by atoms with Crippen molar-refractivity contribution in [2.75, 3.05) is 12.3 Å². The van der Waals surface area contributed by atoms with Crippen LogP contribution in [0.25, 0.3) is 0 Å². The second-order valence-electron chi connectivity index (χ2n) is 6.43. The Balaban J connectivity index is 1.49. The Labute approximate surface area is 148 Å². The van der Waals surface area contributed by atoms with Crippen LogP contribution in [0.15, 0.2) is 40.4 Å². The van der Waals surface area contributed by atoms with Crippen LogP contribution >= 0.6 is 11.8 Å². The zero-order chi connectivity index (χ0) is 16.8. The quantitative estimate of drug-likeness (QED) is 0.758. The highest BCUT2D eigenvalue weighted by atomic mass is 32.2. The summed E-state index contributed by atoms with van der Waals surface area (Å²) in [5.74, 6) is 2.30. The van der Waals surface area contributed by atoms with Crippen LogP contribution in [0, 0.1) is 12.8 Å². The van der Waals surface area contributed by atoms with Crippen LogP contribution in [0.4, 0.5) is 5.82 Å². The summed E-state index contributed by atoms with van der Waals surface area (Å²) in [6, 6.07) is 9.89. The first-order valence-electron chi connectivity index (χ1n) is 8.71. The molecule has 1 aromatic heterocycles. The lowest BCUT2D eigenvalue weighted by Gasteiger charge is -2.21. The monoisotopic (exact) mass is 343 g/mol. The van der Waals surface area contributed by atoms with Gasteiger partial charge in [-0.15, -0.1) is 0 Å². The van der Waals surface area contributed by atoms with Gasteiger partial charge < -0.3 is 10.5 Å². The number of nitrogen functional groups attached to an aromatic ring is 1. The van der Waals surface area contributed by atoms with E-state index in [1.807, 2.05) is 31.2 Å². The van der Waals surface area contributed by atoms with E-state index in [1.165, 1.54) is 50.3 Å². The molecule has 4 nitrogen and oxygen atoms in total. The Bertz CT molecular complexity index is 634. The van der Waals surface area contributed by atoms with Gasteiger partial charge in [0.05, 0.1) is 6.61 Å². The van der Waals surface area contributed by atoms with Crippen LogP contribution in [0.2, 0.25) is 0 Å². The van der Waals surface area contributed by atoms with Gasteiger partial charge in [0, 0.05) is 16.7 Å². The lowest BCUT2D eigenvalue weighted by atomic mass is 9.87. The van der Waals surface area contributed by atoms with Gasteiger partial charge in [-0.1, -0.05) is 32.1 Å². The molecule has 128 valence electrons. The maximum absolute atomic E-state index is 5.89. The largest absolute Gasteiger partial charge is 0.494 e. The molecule has 0 aliphatic heterocycles. The van der Waals surface area contributed by atoms with Crippen molar-refractivity contribution in [3.8, 4) is 5.75 Å². The van der Waals surface area contributed by atoms with E-state index in [-0.39, 0.29) is 0 Å². The Morgan fingerprint density at radius 3 is 2.58 bits per heavy atom. The second-order valence-corrected chi connectivity index (χ2v) is 7.47. The van der Waals surface area contributed by atoms with Crippen molar-refractivity contribution in [2.24, 2.45) is 5.92 Å². The summed E-state index contributed by atoms with van der Waals surface area (Å²) in [4.78, 5) is 9.73. The van der Waals surface area contributed by atoms with Gasteiger partial charge in [0.1, 0.15) is 11.6 Å². The van der Waals surface area contributed by atoms with Crippen molar-refractivity contribution in [2.45, 2.75) is 55.5 Å². The molecule has 0 atom stereocenters. The van der Waals surface area contributed by atoms with Gasteiger partial charge in [0.15, 0.2) is 5.16 Å². The summed E-state index contributed by atoms with van der Waals surface area (Å²) in [7, 11) is 0. The molecule has 0 amide bonds. The number of ether oxygens (including phenoxy) is 1. The third-order valence-corrected chi connectivity index (χ3v) is 5.28. The van der Waals surface area contributed by atoms with E-state index in [1.54, 1.807) is 6.07 Å². The van der Waals surface area contributed by atoms with Crippen LogP contribution < -0.4 is 10.5 Å². The van der Waals surface area contributed by atoms with Gasteiger partial charge in [-0.05, 0) is 55.3 Å². The van der Waals surface area contributed by atoms with Gasteiger partial charge in [-0.3, -0.25) is 0 Å². The molecule has 2 aromatic rings. The molecular formula is C19H25N3OS. The summed E-state index contributed by atoms with van der Waals surface area (Å²) in [6.07, 6.45) is 8.11.